The number of nitro groups is 1. The van der Waals surface area contributed by atoms with Crippen LogP contribution in [0.5, 0.6) is 0 Å². The highest BCUT2D eigenvalue weighted by atomic mass is 16.6. The van der Waals surface area contributed by atoms with Gasteiger partial charge in [0.1, 0.15) is 6.33 Å². The summed E-state index contributed by atoms with van der Waals surface area (Å²) in [6.45, 7) is 0. The van der Waals surface area contributed by atoms with E-state index in [1.54, 1.807) is 41.2 Å². The summed E-state index contributed by atoms with van der Waals surface area (Å²) in [6, 6.07) is 13.4. The Labute approximate surface area is 149 Å². The molecule has 0 atom stereocenters. The number of benzene rings is 2. The van der Waals surface area contributed by atoms with Crippen molar-refractivity contribution < 1.29 is 9.72 Å². The van der Waals surface area contributed by atoms with Crippen molar-refractivity contribution in [2.75, 3.05) is 5.32 Å². The molecule has 130 valence electrons. The smallest absolute Gasteiger partial charge is 0.276 e. The highest BCUT2D eigenvalue weighted by molar-refractivity contribution is 6.04. The van der Waals surface area contributed by atoms with E-state index in [2.05, 4.69) is 15.5 Å². The van der Waals surface area contributed by atoms with Crippen molar-refractivity contribution in [3.63, 3.8) is 0 Å². The first-order valence-electron chi connectivity index (χ1n) is 7.72. The molecule has 0 aliphatic heterocycles. The van der Waals surface area contributed by atoms with Gasteiger partial charge in [-0.15, -0.1) is 10.2 Å². The molecule has 0 spiro atoms. The zero-order valence-corrected chi connectivity index (χ0v) is 13.9. The average Bonchev–Trinajstić information content (AvgIpc) is 3.06. The maximum absolute atomic E-state index is 12.3. The molecule has 0 aliphatic carbocycles. The Hall–Kier alpha value is -3.81. The Kier molecular flexibility index (Phi) is 4.84. The molecular weight excluding hydrogens is 334 g/mol. The van der Waals surface area contributed by atoms with Crippen LogP contribution in [0.1, 0.15) is 5.56 Å². The van der Waals surface area contributed by atoms with Gasteiger partial charge in [-0.1, -0.05) is 24.3 Å². The quantitative estimate of drug-likeness (QED) is 0.433. The number of rotatable bonds is 5. The third-order valence-corrected chi connectivity index (χ3v) is 3.68. The lowest BCUT2D eigenvalue weighted by Gasteiger charge is -2.09. The van der Waals surface area contributed by atoms with Crippen LogP contribution in [-0.4, -0.2) is 25.6 Å². The molecule has 2 aromatic carbocycles. The Balaban J connectivity index is 1.82. The lowest BCUT2D eigenvalue weighted by molar-refractivity contribution is -0.385. The van der Waals surface area contributed by atoms with Crippen LogP contribution in [0.25, 0.3) is 17.5 Å². The van der Waals surface area contributed by atoms with E-state index in [1.165, 1.54) is 18.2 Å². The third kappa shape index (κ3) is 3.64. The molecule has 26 heavy (non-hydrogen) atoms. The van der Waals surface area contributed by atoms with E-state index in [9.17, 15) is 14.9 Å². The second-order valence-corrected chi connectivity index (χ2v) is 5.45. The van der Waals surface area contributed by atoms with Gasteiger partial charge in [0.2, 0.25) is 5.91 Å². The predicted octanol–water partition coefficient (Wildman–Crippen LogP) is 3.04. The summed E-state index contributed by atoms with van der Waals surface area (Å²) < 4.78 is 1.74. The van der Waals surface area contributed by atoms with Crippen LogP contribution >= 0.6 is 0 Å². The molecular formula is C18H15N5O3. The largest absolute Gasteiger partial charge is 0.322 e. The fourth-order valence-electron chi connectivity index (χ4n) is 2.45. The molecule has 0 bridgehead atoms. The number of nitrogens with zero attached hydrogens (tertiary/aromatic N) is 4. The standard InChI is InChI=1S/C18H15N5O3/c1-22-12-19-21-18(22)14-7-3-4-8-15(14)20-17(24)11-10-13-6-2-5-9-16(13)23(25)26/h2-12H,1H3,(H,20,24)/b11-10-. The molecule has 0 saturated carbocycles. The molecule has 1 N–H and O–H groups in total. The minimum atomic E-state index is -0.485. The lowest BCUT2D eigenvalue weighted by atomic mass is 10.1. The van der Waals surface area contributed by atoms with Crippen molar-refractivity contribution in [3.8, 4) is 11.4 Å². The van der Waals surface area contributed by atoms with Crippen LogP contribution in [-0.2, 0) is 11.8 Å². The van der Waals surface area contributed by atoms with Crippen LogP contribution < -0.4 is 5.32 Å². The van der Waals surface area contributed by atoms with E-state index in [0.29, 0.717) is 17.1 Å². The van der Waals surface area contributed by atoms with Gasteiger partial charge in [0.05, 0.1) is 16.2 Å². The number of aryl methyl sites for hydroxylation is 1. The summed E-state index contributed by atoms with van der Waals surface area (Å²) in [7, 11) is 1.81. The summed E-state index contributed by atoms with van der Waals surface area (Å²) in [4.78, 5) is 22.8. The van der Waals surface area contributed by atoms with E-state index >= 15 is 0 Å². The summed E-state index contributed by atoms with van der Waals surface area (Å²) in [5.41, 5.74) is 1.59. The number of amides is 1. The monoisotopic (exact) mass is 349 g/mol. The van der Waals surface area contributed by atoms with E-state index in [-0.39, 0.29) is 5.69 Å². The Bertz CT molecular complexity index is 994. The highest BCUT2D eigenvalue weighted by Gasteiger charge is 2.12. The van der Waals surface area contributed by atoms with Gasteiger partial charge in [0, 0.05) is 24.8 Å². The first kappa shape index (κ1) is 17.0. The first-order chi connectivity index (χ1) is 12.6. The van der Waals surface area contributed by atoms with Gasteiger partial charge in [0.15, 0.2) is 5.82 Å². The van der Waals surface area contributed by atoms with Gasteiger partial charge in [-0.05, 0) is 24.3 Å². The van der Waals surface area contributed by atoms with E-state index < -0.39 is 10.8 Å². The first-order valence-corrected chi connectivity index (χ1v) is 7.72. The van der Waals surface area contributed by atoms with E-state index in [4.69, 9.17) is 0 Å². The minimum absolute atomic E-state index is 0.0592. The molecule has 0 fully saturated rings. The van der Waals surface area contributed by atoms with Gasteiger partial charge < -0.3 is 9.88 Å². The zero-order valence-electron chi connectivity index (χ0n) is 13.9. The predicted molar refractivity (Wildman–Crippen MR) is 97.2 cm³/mol. The SMILES string of the molecule is Cn1cnnc1-c1ccccc1NC(=O)/C=C\c1ccccc1[N+](=O)[O-]. The van der Waals surface area contributed by atoms with Crippen LogP contribution in [0.15, 0.2) is 60.9 Å². The maximum Gasteiger partial charge on any atom is 0.276 e. The molecule has 0 radical (unpaired) electrons. The van der Waals surface area contributed by atoms with Crippen molar-refractivity contribution in [2.24, 2.45) is 7.05 Å². The number of carbonyl (C=O) groups excluding carboxylic acids is 1. The number of anilines is 1. The highest BCUT2D eigenvalue weighted by Crippen LogP contribution is 2.25. The molecule has 8 nitrogen and oxygen atoms in total. The Morgan fingerprint density at radius 1 is 1.19 bits per heavy atom. The topological polar surface area (TPSA) is 103 Å². The fourth-order valence-corrected chi connectivity index (χ4v) is 2.45. The van der Waals surface area contributed by atoms with Gasteiger partial charge in [-0.2, -0.15) is 0 Å². The van der Waals surface area contributed by atoms with Crippen molar-refractivity contribution in [2.45, 2.75) is 0 Å². The van der Waals surface area contributed by atoms with Gasteiger partial charge >= 0.3 is 0 Å². The average molecular weight is 349 g/mol. The van der Waals surface area contributed by atoms with Crippen LogP contribution in [0.4, 0.5) is 11.4 Å². The summed E-state index contributed by atoms with van der Waals surface area (Å²) in [5.74, 6) is 0.210. The lowest BCUT2D eigenvalue weighted by Crippen LogP contribution is -2.09. The molecule has 1 amide bonds. The van der Waals surface area contributed by atoms with Crippen molar-refractivity contribution in [3.05, 3.63) is 76.6 Å². The molecule has 8 heteroatoms. The van der Waals surface area contributed by atoms with Crippen LogP contribution in [0.2, 0.25) is 0 Å². The third-order valence-electron chi connectivity index (χ3n) is 3.68. The minimum Gasteiger partial charge on any atom is -0.322 e. The molecule has 3 rings (SSSR count). The fraction of sp³-hybridized carbons (Fsp3) is 0.0556. The molecule has 1 heterocycles. The molecule has 3 aromatic rings. The Morgan fingerprint density at radius 3 is 2.65 bits per heavy atom. The molecule has 0 aliphatic rings. The van der Waals surface area contributed by atoms with Crippen molar-refractivity contribution in [1.29, 1.82) is 0 Å². The zero-order chi connectivity index (χ0) is 18.5. The second kappa shape index (κ2) is 7.39. The summed E-state index contributed by atoms with van der Waals surface area (Å²) in [5, 5.41) is 21.7. The number of aromatic nitrogens is 3. The molecule has 0 unspecified atom stereocenters. The summed E-state index contributed by atoms with van der Waals surface area (Å²) in [6.07, 6.45) is 4.25. The van der Waals surface area contributed by atoms with Crippen molar-refractivity contribution >= 4 is 23.4 Å². The molecule has 1 aromatic heterocycles. The van der Waals surface area contributed by atoms with Crippen molar-refractivity contribution in [1.82, 2.24) is 14.8 Å². The van der Waals surface area contributed by atoms with Gasteiger partial charge in [0.25, 0.3) is 5.69 Å². The number of nitro benzene ring substituents is 1. The number of para-hydroxylation sites is 2. The normalized spacial score (nSPS) is 10.8. The van der Waals surface area contributed by atoms with E-state index in [1.807, 2.05) is 19.2 Å². The summed E-state index contributed by atoms with van der Waals surface area (Å²) >= 11 is 0. The van der Waals surface area contributed by atoms with Crippen LogP contribution in [0, 0.1) is 10.1 Å². The maximum atomic E-state index is 12.3. The Morgan fingerprint density at radius 2 is 1.92 bits per heavy atom. The van der Waals surface area contributed by atoms with Crippen LogP contribution in [0.3, 0.4) is 0 Å². The van der Waals surface area contributed by atoms with E-state index in [0.717, 1.165) is 5.56 Å². The second-order valence-electron chi connectivity index (χ2n) is 5.45. The number of nitrogens with one attached hydrogen (secondary N) is 1. The van der Waals surface area contributed by atoms with Gasteiger partial charge in [-0.25, -0.2) is 0 Å². The molecule has 0 saturated heterocycles. The number of hydrogen-bond acceptors (Lipinski definition) is 5. The number of carbonyl (C=O) groups is 1. The van der Waals surface area contributed by atoms with Gasteiger partial charge in [-0.3, -0.25) is 14.9 Å². The number of hydrogen-bond donors (Lipinski definition) is 1.